The van der Waals surface area contributed by atoms with Crippen LogP contribution in [0.1, 0.15) is 57.1 Å². The first-order chi connectivity index (χ1) is 13.0. The van der Waals surface area contributed by atoms with Gasteiger partial charge in [0.05, 0.1) is 19.6 Å². The Morgan fingerprint density at radius 3 is 2.15 bits per heavy atom. The molecule has 0 aromatic heterocycles. The predicted octanol–water partition coefficient (Wildman–Crippen LogP) is 3.20. The van der Waals surface area contributed by atoms with Gasteiger partial charge >= 0.3 is 0 Å². The number of nitrogens with one attached hydrogen (secondary N) is 2. The molecule has 0 unspecified atom stereocenters. The Kier molecular flexibility index (Phi) is 5.11. The Hall–Kier alpha value is -2.04. The lowest BCUT2D eigenvalue weighted by molar-refractivity contribution is -0.126. The van der Waals surface area contributed by atoms with Crippen LogP contribution in [0.15, 0.2) is 24.3 Å². The van der Waals surface area contributed by atoms with Crippen LogP contribution in [0.5, 0.6) is 5.75 Å². The summed E-state index contributed by atoms with van der Waals surface area (Å²) in [6.45, 7) is 1.49. The molecule has 1 aromatic rings. The van der Waals surface area contributed by atoms with Gasteiger partial charge in [0.2, 0.25) is 11.8 Å². The first kappa shape index (κ1) is 18.3. The number of amides is 2. The lowest BCUT2D eigenvalue weighted by Gasteiger charge is -2.54. The quantitative estimate of drug-likeness (QED) is 0.808. The van der Waals surface area contributed by atoms with Crippen molar-refractivity contribution in [3.8, 4) is 5.75 Å². The van der Waals surface area contributed by atoms with Gasteiger partial charge in [-0.15, -0.1) is 0 Å². The van der Waals surface area contributed by atoms with Crippen LogP contribution in [0, 0.1) is 23.7 Å². The highest BCUT2D eigenvalue weighted by Gasteiger charge is 2.48. The van der Waals surface area contributed by atoms with Gasteiger partial charge in [0, 0.05) is 13.0 Å². The number of ether oxygens (including phenoxy) is 1. The van der Waals surface area contributed by atoms with Crippen molar-refractivity contribution < 1.29 is 14.3 Å². The van der Waals surface area contributed by atoms with Gasteiger partial charge in [-0.3, -0.25) is 9.59 Å². The van der Waals surface area contributed by atoms with Gasteiger partial charge in [-0.2, -0.15) is 0 Å². The molecule has 5 nitrogen and oxygen atoms in total. The number of benzene rings is 1. The van der Waals surface area contributed by atoms with Gasteiger partial charge in [-0.05, 0) is 73.5 Å². The molecule has 4 saturated carbocycles. The minimum atomic E-state index is -0.315. The predicted molar refractivity (Wildman–Crippen MR) is 103 cm³/mol. The molecule has 1 atom stereocenters. The van der Waals surface area contributed by atoms with E-state index in [9.17, 15) is 9.59 Å². The zero-order valence-corrected chi connectivity index (χ0v) is 16.2. The number of methoxy groups -OCH3 is 1. The number of rotatable bonds is 6. The summed E-state index contributed by atoms with van der Waals surface area (Å²) >= 11 is 0. The fourth-order valence-electron chi connectivity index (χ4n) is 5.92. The Bertz CT molecular complexity index is 672. The first-order valence-electron chi connectivity index (χ1n) is 10.2. The zero-order chi connectivity index (χ0) is 19.0. The fraction of sp³-hybridized carbons (Fsp3) is 0.636. The minimum absolute atomic E-state index is 0.0436. The molecule has 2 N–H and O–H groups in total. The maximum Gasteiger partial charge on any atom is 0.222 e. The summed E-state index contributed by atoms with van der Waals surface area (Å²) in [4.78, 5) is 24.5. The zero-order valence-electron chi connectivity index (χ0n) is 16.2. The molecule has 27 heavy (non-hydrogen) atoms. The number of carbonyl (C=O) groups excluding carboxylic acids is 2. The second-order valence-electron chi connectivity index (χ2n) is 8.75. The van der Waals surface area contributed by atoms with E-state index in [2.05, 4.69) is 10.6 Å². The smallest absolute Gasteiger partial charge is 0.222 e. The van der Waals surface area contributed by atoms with E-state index in [0.29, 0.717) is 17.9 Å². The monoisotopic (exact) mass is 370 g/mol. The molecule has 1 aromatic carbocycles. The van der Waals surface area contributed by atoms with Crippen LogP contribution < -0.4 is 15.4 Å². The van der Waals surface area contributed by atoms with Crippen LogP contribution in [-0.4, -0.2) is 25.0 Å². The van der Waals surface area contributed by atoms with E-state index in [1.807, 2.05) is 24.3 Å². The molecular weight excluding hydrogens is 340 g/mol. The normalized spacial score (nSPS) is 32.0. The van der Waals surface area contributed by atoms with Crippen molar-refractivity contribution in [3.63, 3.8) is 0 Å². The van der Waals surface area contributed by atoms with Crippen molar-refractivity contribution in [1.82, 2.24) is 10.6 Å². The largest absolute Gasteiger partial charge is 0.497 e. The average Bonchev–Trinajstić information content (AvgIpc) is 2.63. The van der Waals surface area contributed by atoms with Gasteiger partial charge in [-0.25, -0.2) is 0 Å². The lowest BCUT2D eigenvalue weighted by atomic mass is 9.54. The molecule has 4 fully saturated rings. The van der Waals surface area contributed by atoms with E-state index in [0.717, 1.165) is 23.1 Å². The van der Waals surface area contributed by atoms with Crippen molar-refractivity contribution in [2.24, 2.45) is 23.7 Å². The SMILES string of the molecule is COc1ccc([C@@H](CC(=O)NC2C3CC4CC(C3)CC2C4)NC(C)=O)cc1. The Labute approximate surface area is 161 Å². The maximum atomic E-state index is 12.8. The highest BCUT2D eigenvalue weighted by atomic mass is 16.5. The Morgan fingerprint density at radius 1 is 1.04 bits per heavy atom. The van der Waals surface area contributed by atoms with Gasteiger partial charge in [0.1, 0.15) is 5.75 Å². The van der Waals surface area contributed by atoms with Gasteiger partial charge < -0.3 is 15.4 Å². The summed E-state index contributed by atoms with van der Waals surface area (Å²) in [5, 5.41) is 6.27. The second kappa shape index (κ2) is 7.53. The molecule has 2 amide bonds. The third-order valence-electron chi connectivity index (χ3n) is 6.84. The molecule has 4 aliphatic carbocycles. The van der Waals surface area contributed by atoms with Crippen molar-refractivity contribution in [2.45, 2.75) is 57.5 Å². The van der Waals surface area contributed by atoms with Gasteiger partial charge in [0.15, 0.2) is 0 Å². The molecule has 0 heterocycles. The molecule has 5 rings (SSSR count). The molecule has 0 radical (unpaired) electrons. The topological polar surface area (TPSA) is 67.4 Å². The van der Waals surface area contributed by atoms with Crippen molar-refractivity contribution in [3.05, 3.63) is 29.8 Å². The summed E-state index contributed by atoms with van der Waals surface area (Å²) in [6.07, 6.45) is 6.82. The highest BCUT2D eigenvalue weighted by Crippen LogP contribution is 2.53. The molecule has 4 aliphatic rings. The molecule has 4 bridgehead atoms. The van der Waals surface area contributed by atoms with E-state index in [1.165, 1.54) is 39.0 Å². The third-order valence-corrected chi connectivity index (χ3v) is 6.84. The first-order valence-corrected chi connectivity index (χ1v) is 10.2. The van der Waals surface area contributed by atoms with Crippen molar-refractivity contribution in [2.75, 3.05) is 7.11 Å². The second-order valence-corrected chi connectivity index (χ2v) is 8.75. The van der Waals surface area contributed by atoms with Crippen molar-refractivity contribution >= 4 is 11.8 Å². The van der Waals surface area contributed by atoms with Gasteiger partial charge in [0.25, 0.3) is 0 Å². The number of carbonyl (C=O) groups is 2. The maximum absolute atomic E-state index is 12.8. The standard InChI is InChI=1S/C22H30N2O3/c1-13(25)23-20(16-3-5-19(27-2)6-4-16)12-21(26)24-22-17-8-14-7-15(10-17)11-18(22)9-14/h3-6,14-15,17-18,20,22H,7-12H2,1-2H3,(H,23,25)(H,24,26)/t14?,15?,17?,18?,20-,22?/m1/s1. The molecule has 0 spiro atoms. The van der Waals surface area contributed by atoms with E-state index in [4.69, 9.17) is 4.74 Å². The lowest BCUT2D eigenvalue weighted by Crippen LogP contribution is -2.56. The fourth-order valence-corrected chi connectivity index (χ4v) is 5.92. The molecule has 0 saturated heterocycles. The average molecular weight is 370 g/mol. The summed E-state index contributed by atoms with van der Waals surface area (Å²) in [5.74, 6) is 3.79. The Morgan fingerprint density at radius 2 is 1.63 bits per heavy atom. The Balaban J connectivity index is 1.41. The third kappa shape index (κ3) is 3.97. The van der Waals surface area contributed by atoms with E-state index in [1.54, 1.807) is 7.11 Å². The van der Waals surface area contributed by atoms with Crippen LogP contribution in [0.4, 0.5) is 0 Å². The van der Waals surface area contributed by atoms with Crippen molar-refractivity contribution in [1.29, 1.82) is 0 Å². The molecular formula is C22H30N2O3. The van der Waals surface area contributed by atoms with Crippen LogP contribution in [0.2, 0.25) is 0 Å². The molecule has 0 aliphatic heterocycles. The highest BCUT2D eigenvalue weighted by molar-refractivity contribution is 5.79. The summed E-state index contributed by atoms with van der Waals surface area (Å²) < 4.78 is 5.20. The minimum Gasteiger partial charge on any atom is -0.497 e. The van der Waals surface area contributed by atoms with Crippen LogP contribution >= 0.6 is 0 Å². The van der Waals surface area contributed by atoms with E-state index in [-0.39, 0.29) is 24.3 Å². The van der Waals surface area contributed by atoms with Gasteiger partial charge in [-0.1, -0.05) is 12.1 Å². The van der Waals surface area contributed by atoms with Crippen LogP contribution in [0.25, 0.3) is 0 Å². The number of hydrogen-bond acceptors (Lipinski definition) is 3. The number of hydrogen-bond donors (Lipinski definition) is 2. The van der Waals surface area contributed by atoms with Crippen LogP contribution in [-0.2, 0) is 9.59 Å². The van der Waals surface area contributed by atoms with E-state index < -0.39 is 0 Å². The molecule has 5 heteroatoms. The summed E-state index contributed by atoms with van der Waals surface area (Å²) in [5.41, 5.74) is 0.922. The summed E-state index contributed by atoms with van der Waals surface area (Å²) in [6, 6.07) is 7.56. The summed E-state index contributed by atoms with van der Waals surface area (Å²) in [7, 11) is 1.62. The van der Waals surface area contributed by atoms with Crippen LogP contribution in [0.3, 0.4) is 0 Å². The van der Waals surface area contributed by atoms with E-state index >= 15 is 0 Å². The molecule has 146 valence electrons.